The number of rotatable bonds is 2. The van der Waals surface area contributed by atoms with E-state index in [1.54, 1.807) is 0 Å². The average Bonchev–Trinajstić information content (AvgIpc) is 2.47. The molecule has 1 aliphatic rings. The largest absolute Gasteiger partial charge is 0.484 e. The molecular formula is C17H19ClN2O. The van der Waals surface area contributed by atoms with E-state index in [9.17, 15) is 0 Å². The summed E-state index contributed by atoms with van der Waals surface area (Å²) < 4.78 is 6.12. The third-order valence-corrected chi connectivity index (χ3v) is 4.14. The number of anilines is 1. The third kappa shape index (κ3) is 2.59. The van der Waals surface area contributed by atoms with Gasteiger partial charge in [-0.15, -0.1) is 0 Å². The summed E-state index contributed by atoms with van der Waals surface area (Å²) in [7, 11) is 2.07. The quantitative estimate of drug-likeness (QED) is 0.923. The molecule has 2 N–H and O–H groups in total. The predicted octanol–water partition coefficient (Wildman–Crippen LogP) is 3.47. The van der Waals surface area contributed by atoms with E-state index in [1.165, 1.54) is 0 Å². The third-order valence-electron chi connectivity index (χ3n) is 3.91. The molecule has 0 fully saturated rings. The average molecular weight is 303 g/mol. The van der Waals surface area contributed by atoms with Gasteiger partial charge in [0.25, 0.3) is 0 Å². The van der Waals surface area contributed by atoms with Gasteiger partial charge in [-0.3, -0.25) is 0 Å². The highest BCUT2D eigenvalue weighted by molar-refractivity contribution is 6.30. The van der Waals surface area contributed by atoms with Crippen molar-refractivity contribution >= 4 is 17.3 Å². The van der Waals surface area contributed by atoms with Crippen LogP contribution in [0.5, 0.6) is 5.75 Å². The van der Waals surface area contributed by atoms with E-state index in [4.69, 9.17) is 22.1 Å². The summed E-state index contributed by atoms with van der Waals surface area (Å²) in [5.74, 6) is 0.909. The second-order valence-corrected chi connectivity index (χ2v) is 5.91. The molecule has 1 aliphatic heterocycles. The monoisotopic (exact) mass is 302 g/mol. The predicted molar refractivity (Wildman–Crippen MR) is 88.4 cm³/mol. The number of para-hydroxylation sites is 1. The van der Waals surface area contributed by atoms with Crippen LogP contribution in [0.3, 0.4) is 0 Å². The summed E-state index contributed by atoms with van der Waals surface area (Å²) in [6.45, 7) is 3.39. The van der Waals surface area contributed by atoms with Crippen molar-refractivity contribution in [3.63, 3.8) is 0 Å². The van der Waals surface area contributed by atoms with Crippen LogP contribution < -0.4 is 15.4 Å². The number of nitrogens with zero attached hydrogens (tertiary/aromatic N) is 1. The van der Waals surface area contributed by atoms with Gasteiger partial charge >= 0.3 is 0 Å². The minimum absolute atomic E-state index is 0.0243. The Morgan fingerprint density at radius 1 is 1.29 bits per heavy atom. The number of aryl methyl sites for hydroxylation is 1. The van der Waals surface area contributed by atoms with E-state index in [-0.39, 0.29) is 6.10 Å². The number of ether oxygens (including phenoxy) is 1. The van der Waals surface area contributed by atoms with Gasteiger partial charge in [0.1, 0.15) is 6.10 Å². The normalized spacial score (nSPS) is 17.3. The van der Waals surface area contributed by atoms with Gasteiger partial charge in [-0.1, -0.05) is 29.8 Å². The molecule has 0 aliphatic carbocycles. The SMILES string of the molecule is Cc1cc(Cl)ccc1-c1cccc2c1OC(CN)CN2C. The van der Waals surface area contributed by atoms with Crippen molar-refractivity contribution in [2.75, 3.05) is 25.0 Å². The molecule has 3 rings (SSSR count). The zero-order chi connectivity index (χ0) is 15.0. The van der Waals surface area contributed by atoms with E-state index in [0.29, 0.717) is 6.54 Å². The van der Waals surface area contributed by atoms with Crippen molar-refractivity contribution in [1.82, 2.24) is 0 Å². The van der Waals surface area contributed by atoms with Crippen LogP contribution in [0.15, 0.2) is 36.4 Å². The summed E-state index contributed by atoms with van der Waals surface area (Å²) in [6, 6.07) is 12.2. The Morgan fingerprint density at radius 3 is 2.81 bits per heavy atom. The maximum absolute atomic E-state index is 6.12. The molecule has 110 valence electrons. The second kappa shape index (κ2) is 5.58. The zero-order valence-electron chi connectivity index (χ0n) is 12.3. The summed E-state index contributed by atoms with van der Waals surface area (Å²) in [4.78, 5) is 2.20. The first-order chi connectivity index (χ1) is 10.1. The van der Waals surface area contributed by atoms with Crippen LogP contribution in [0.2, 0.25) is 5.02 Å². The van der Waals surface area contributed by atoms with Crippen LogP contribution in [0.25, 0.3) is 11.1 Å². The molecule has 0 bridgehead atoms. The van der Waals surface area contributed by atoms with Crippen molar-refractivity contribution in [3.8, 4) is 16.9 Å². The molecular weight excluding hydrogens is 284 g/mol. The smallest absolute Gasteiger partial charge is 0.151 e. The lowest BCUT2D eigenvalue weighted by Gasteiger charge is -2.34. The molecule has 0 amide bonds. The standard InChI is InChI=1S/C17H19ClN2O/c1-11-8-12(18)6-7-14(11)15-4-3-5-16-17(15)21-13(9-19)10-20(16)2/h3-8,13H,9-10,19H2,1-2H3. The van der Waals surface area contributed by atoms with Crippen molar-refractivity contribution in [3.05, 3.63) is 47.0 Å². The van der Waals surface area contributed by atoms with Gasteiger partial charge in [-0.25, -0.2) is 0 Å². The topological polar surface area (TPSA) is 38.5 Å². The van der Waals surface area contributed by atoms with Gasteiger partial charge in [-0.2, -0.15) is 0 Å². The fourth-order valence-electron chi connectivity index (χ4n) is 2.82. The van der Waals surface area contributed by atoms with Gasteiger partial charge in [0.05, 0.1) is 12.2 Å². The Hall–Kier alpha value is -1.71. The van der Waals surface area contributed by atoms with E-state index < -0.39 is 0 Å². The summed E-state index contributed by atoms with van der Waals surface area (Å²) in [6.07, 6.45) is 0.0243. The lowest BCUT2D eigenvalue weighted by Crippen LogP contribution is -2.42. The lowest BCUT2D eigenvalue weighted by molar-refractivity contribution is 0.205. The highest BCUT2D eigenvalue weighted by Crippen LogP contribution is 2.42. The Labute approximate surface area is 130 Å². The molecule has 1 heterocycles. The highest BCUT2D eigenvalue weighted by Gasteiger charge is 2.25. The Balaban J connectivity index is 2.14. The molecule has 0 aromatic heterocycles. The molecule has 2 aromatic rings. The Morgan fingerprint density at radius 2 is 2.10 bits per heavy atom. The van der Waals surface area contributed by atoms with Crippen molar-refractivity contribution in [1.29, 1.82) is 0 Å². The summed E-state index contributed by atoms with van der Waals surface area (Å²) in [5.41, 5.74) is 10.3. The molecule has 21 heavy (non-hydrogen) atoms. The summed E-state index contributed by atoms with van der Waals surface area (Å²) >= 11 is 6.06. The molecule has 2 aromatic carbocycles. The minimum Gasteiger partial charge on any atom is -0.484 e. The van der Waals surface area contributed by atoms with Crippen LogP contribution >= 0.6 is 11.6 Å². The van der Waals surface area contributed by atoms with Crippen LogP contribution in [0, 0.1) is 6.92 Å². The highest BCUT2D eigenvalue weighted by atomic mass is 35.5. The number of fused-ring (bicyclic) bond motifs is 1. The van der Waals surface area contributed by atoms with Gasteiger partial charge in [0, 0.05) is 24.2 Å². The molecule has 1 unspecified atom stereocenters. The lowest BCUT2D eigenvalue weighted by atomic mass is 9.98. The fourth-order valence-corrected chi connectivity index (χ4v) is 3.05. The van der Waals surface area contributed by atoms with Crippen LogP contribution in [-0.4, -0.2) is 26.2 Å². The van der Waals surface area contributed by atoms with E-state index in [1.807, 2.05) is 18.2 Å². The van der Waals surface area contributed by atoms with Gasteiger partial charge < -0.3 is 15.4 Å². The maximum atomic E-state index is 6.12. The van der Waals surface area contributed by atoms with Crippen molar-refractivity contribution in [2.24, 2.45) is 5.73 Å². The Kier molecular flexibility index (Phi) is 3.79. The number of halogens is 1. The van der Waals surface area contributed by atoms with Crippen LogP contribution in [-0.2, 0) is 0 Å². The van der Waals surface area contributed by atoms with Crippen LogP contribution in [0.1, 0.15) is 5.56 Å². The zero-order valence-corrected chi connectivity index (χ0v) is 13.0. The number of hydrogen-bond donors (Lipinski definition) is 1. The summed E-state index contributed by atoms with van der Waals surface area (Å²) in [5, 5.41) is 0.749. The van der Waals surface area contributed by atoms with Crippen molar-refractivity contribution in [2.45, 2.75) is 13.0 Å². The van der Waals surface area contributed by atoms with Crippen molar-refractivity contribution < 1.29 is 4.74 Å². The molecule has 0 radical (unpaired) electrons. The minimum atomic E-state index is 0.0243. The van der Waals surface area contributed by atoms with Gasteiger partial charge in [0.15, 0.2) is 5.75 Å². The molecule has 4 heteroatoms. The second-order valence-electron chi connectivity index (χ2n) is 5.47. The van der Waals surface area contributed by atoms with Gasteiger partial charge in [-0.05, 0) is 36.2 Å². The van der Waals surface area contributed by atoms with E-state index in [2.05, 4.69) is 37.1 Å². The first-order valence-electron chi connectivity index (χ1n) is 7.07. The number of likely N-dealkylation sites (N-methyl/N-ethyl adjacent to an activating group) is 1. The Bertz CT molecular complexity index is 672. The first kappa shape index (κ1) is 14.2. The molecule has 0 saturated carbocycles. The number of nitrogens with two attached hydrogens (primary N) is 1. The van der Waals surface area contributed by atoms with Gasteiger partial charge in [0.2, 0.25) is 0 Å². The molecule has 0 saturated heterocycles. The van der Waals surface area contributed by atoms with Crippen LogP contribution in [0.4, 0.5) is 5.69 Å². The van der Waals surface area contributed by atoms with E-state index in [0.717, 1.165) is 39.7 Å². The number of benzene rings is 2. The first-order valence-corrected chi connectivity index (χ1v) is 7.45. The van der Waals surface area contributed by atoms with E-state index >= 15 is 0 Å². The molecule has 0 spiro atoms. The fraction of sp³-hybridized carbons (Fsp3) is 0.294. The number of hydrogen-bond acceptors (Lipinski definition) is 3. The maximum Gasteiger partial charge on any atom is 0.151 e. The molecule has 1 atom stereocenters. The molecule has 3 nitrogen and oxygen atoms in total.